The van der Waals surface area contributed by atoms with Gasteiger partial charge in [0.1, 0.15) is 6.04 Å². The molecule has 1 unspecified atom stereocenters. The molecule has 1 atom stereocenters. The van der Waals surface area contributed by atoms with Crippen molar-refractivity contribution in [1.29, 1.82) is 0 Å². The zero-order valence-corrected chi connectivity index (χ0v) is 20.1. The van der Waals surface area contributed by atoms with E-state index in [1.165, 1.54) is 5.56 Å². The summed E-state index contributed by atoms with van der Waals surface area (Å²) in [6.07, 6.45) is 0. The number of sulfone groups is 1. The molecule has 4 rings (SSSR count). The monoisotopic (exact) mass is 470 g/mol. The molecule has 2 aromatic carbocycles. The third-order valence-corrected chi connectivity index (χ3v) is 8.21. The van der Waals surface area contributed by atoms with Crippen LogP contribution in [0.5, 0.6) is 0 Å². The Kier molecular flexibility index (Phi) is 7.80. The van der Waals surface area contributed by atoms with Crippen LogP contribution in [0.25, 0.3) is 0 Å². The molecule has 2 aromatic rings. The van der Waals surface area contributed by atoms with Crippen LogP contribution in [-0.4, -0.2) is 86.8 Å². The molecular formula is C25H34N4O3S. The van der Waals surface area contributed by atoms with E-state index < -0.39 is 15.9 Å². The molecule has 1 amide bonds. The number of carbonyl (C=O) groups is 1. The Balaban J connectivity index is 1.36. The maximum Gasteiger partial charge on any atom is 0.242 e. The average molecular weight is 471 g/mol. The van der Waals surface area contributed by atoms with Crippen LogP contribution in [0.15, 0.2) is 54.6 Å². The molecule has 0 aromatic heterocycles. The van der Waals surface area contributed by atoms with Gasteiger partial charge in [-0.25, -0.2) is 8.42 Å². The highest BCUT2D eigenvalue weighted by atomic mass is 32.2. The largest absolute Gasteiger partial charge is 0.350 e. The lowest BCUT2D eigenvalue weighted by Crippen LogP contribution is -2.47. The fraction of sp³-hybridized carbons (Fsp3) is 0.480. The van der Waals surface area contributed by atoms with Gasteiger partial charge >= 0.3 is 0 Å². The zero-order chi connectivity index (χ0) is 23.3. The van der Waals surface area contributed by atoms with E-state index in [-0.39, 0.29) is 17.4 Å². The highest BCUT2D eigenvalue weighted by molar-refractivity contribution is 7.91. The molecule has 2 saturated heterocycles. The van der Waals surface area contributed by atoms with Crippen LogP contribution >= 0.6 is 0 Å². The number of piperazine rings is 1. The van der Waals surface area contributed by atoms with E-state index in [4.69, 9.17) is 0 Å². The third-order valence-electron chi connectivity index (χ3n) is 6.60. The van der Waals surface area contributed by atoms with Crippen molar-refractivity contribution >= 4 is 15.7 Å². The van der Waals surface area contributed by atoms with Gasteiger partial charge in [0.2, 0.25) is 5.91 Å². The second-order valence-corrected chi connectivity index (χ2v) is 11.4. The first-order chi connectivity index (χ1) is 15.9. The second kappa shape index (κ2) is 10.8. The Labute approximate surface area is 197 Å². The Morgan fingerprint density at radius 1 is 0.879 bits per heavy atom. The number of benzene rings is 2. The van der Waals surface area contributed by atoms with Crippen molar-refractivity contribution in [2.75, 3.05) is 57.8 Å². The molecule has 0 aliphatic carbocycles. The highest BCUT2D eigenvalue weighted by Crippen LogP contribution is 2.23. The summed E-state index contributed by atoms with van der Waals surface area (Å²) < 4.78 is 23.7. The number of nitrogens with zero attached hydrogens (tertiary/aromatic N) is 3. The van der Waals surface area contributed by atoms with Crippen molar-refractivity contribution < 1.29 is 13.2 Å². The zero-order valence-electron chi connectivity index (χ0n) is 19.3. The number of likely N-dealkylation sites (N-methyl/N-ethyl adjacent to an activating group) is 1. The van der Waals surface area contributed by atoms with E-state index in [0.29, 0.717) is 19.6 Å². The van der Waals surface area contributed by atoms with E-state index in [1.54, 1.807) is 0 Å². The van der Waals surface area contributed by atoms with Crippen LogP contribution in [0.4, 0.5) is 0 Å². The summed E-state index contributed by atoms with van der Waals surface area (Å²) in [5, 5.41) is 3.08. The predicted molar refractivity (Wildman–Crippen MR) is 130 cm³/mol. The summed E-state index contributed by atoms with van der Waals surface area (Å²) in [5.74, 6) is 0.0959. The van der Waals surface area contributed by atoms with Gasteiger partial charge in [-0.15, -0.1) is 0 Å². The molecule has 1 N–H and O–H groups in total. The second-order valence-electron chi connectivity index (χ2n) is 9.11. The number of rotatable bonds is 7. The van der Waals surface area contributed by atoms with Crippen LogP contribution in [0.2, 0.25) is 0 Å². The minimum atomic E-state index is -3.01. The number of amides is 1. The van der Waals surface area contributed by atoms with Gasteiger partial charge in [-0.05, 0) is 23.7 Å². The van der Waals surface area contributed by atoms with Crippen LogP contribution in [0, 0.1) is 0 Å². The predicted octanol–water partition coefficient (Wildman–Crippen LogP) is 1.52. The van der Waals surface area contributed by atoms with Crippen molar-refractivity contribution in [3.8, 4) is 0 Å². The molecule has 0 spiro atoms. The fourth-order valence-corrected chi connectivity index (χ4v) is 5.69. The maximum absolute atomic E-state index is 13.2. The van der Waals surface area contributed by atoms with E-state index in [9.17, 15) is 13.2 Å². The quantitative estimate of drug-likeness (QED) is 0.662. The Morgan fingerprint density at radius 2 is 1.48 bits per heavy atom. The molecule has 2 fully saturated rings. The van der Waals surface area contributed by atoms with Gasteiger partial charge in [-0.1, -0.05) is 54.6 Å². The molecule has 33 heavy (non-hydrogen) atoms. The van der Waals surface area contributed by atoms with Crippen LogP contribution < -0.4 is 5.32 Å². The molecule has 0 saturated carbocycles. The van der Waals surface area contributed by atoms with E-state index in [2.05, 4.69) is 46.4 Å². The molecule has 7 nitrogen and oxygen atoms in total. The molecular weight excluding hydrogens is 436 g/mol. The summed E-state index contributed by atoms with van der Waals surface area (Å²) in [4.78, 5) is 20.0. The summed E-state index contributed by atoms with van der Waals surface area (Å²) >= 11 is 0. The van der Waals surface area contributed by atoms with Gasteiger partial charge in [-0.3, -0.25) is 14.6 Å². The summed E-state index contributed by atoms with van der Waals surface area (Å²) in [6, 6.07) is 17.6. The lowest BCUT2D eigenvalue weighted by molar-refractivity contribution is -0.126. The lowest BCUT2D eigenvalue weighted by atomic mass is 10.0. The number of nitrogens with one attached hydrogen (secondary N) is 1. The topological polar surface area (TPSA) is 73.0 Å². The standard InChI is InChI=1S/C25H34N4O3S/c1-27-11-13-28(14-12-27)20-22-9-7-21(8-10-22)19-26-25(30)24(23-5-3-2-4-6-23)29-15-17-33(31,32)18-16-29/h2-10,24H,11-20H2,1H3,(H,26,30). The first kappa shape index (κ1) is 23.9. The third kappa shape index (κ3) is 6.63. The smallest absolute Gasteiger partial charge is 0.242 e. The fourth-order valence-electron chi connectivity index (χ4n) is 4.46. The van der Waals surface area contributed by atoms with E-state index in [0.717, 1.165) is 43.9 Å². The van der Waals surface area contributed by atoms with Crippen molar-refractivity contribution in [2.45, 2.75) is 19.1 Å². The number of carbonyl (C=O) groups excluding carboxylic acids is 1. The van der Waals surface area contributed by atoms with Gasteiger partial charge in [0.05, 0.1) is 11.5 Å². The van der Waals surface area contributed by atoms with Crippen molar-refractivity contribution in [1.82, 2.24) is 20.0 Å². The molecule has 8 heteroatoms. The molecule has 0 radical (unpaired) electrons. The van der Waals surface area contributed by atoms with Gasteiger partial charge in [0, 0.05) is 52.4 Å². The van der Waals surface area contributed by atoms with Crippen LogP contribution in [0.1, 0.15) is 22.7 Å². The molecule has 2 aliphatic rings. The maximum atomic E-state index is 13.2. The number of hydrogen-bond donors (Lipinski definition) is 1. The molecule has 2 aliphatic heterocycles. The van der Waals surface area contributed by atoms with Gasteiger partial charge in [0.25, 0.3) is 0 Å². The van der Waals surface area contributed by atoms with Crippen molar-refractivity contribution in [2.24, 2.45) is 0 Å². The van der Waals surface area contributed by atoms with E-state index in [1.807, 2.05) is 35.2 Å². The molecule has 178 valence electrons. The SMILES string of the molecule is CN1CCN(Cc2ccc(CNC(=O)C(c3ccccc3)N3CCS(=O)(=O)CC3)cc2)CC1. The summed E-state index contributed by atoms with van der Waals surface area (Å²) in [7, 11) is -0.847. The van der Waals surface area contributed by atoms with Crippen LogP contribution in [0.3, 0.4) is 0 Å². The van der Waals surface area contributed by atoms with Crippen LogP contribution in [-0.2, 0) is 27.7 Å². The van der Waals surface area contributed by atoms with Gasteiger partial charge < -0.3 is 10.2 Å². The summed E-state index contributed by atoms with van der Waals surface area (Å²) in [6.45, 7) is 6.54. The lowest BCUT2D eigenvalue weighted by Gasteiger charge is -2.33. The molecule has 2 heterocycles. The highest BCUT2D eigenvalue weighted by Gasteiger charge is 2.32. The Bertz CT molecular complexity index is 1010. The first-order valence-corrected chi connectivity index (χ1v) is 13.5. The average Bonchev–Trinajstić information content (AvgIpc) is 2.82. The number of hydrogen-bond acceptors (Lipinski definition) is 6. The van der Waals surface area contributed by atoms with Gasteiger partial charge in [-0.2, -0.15) is 0 Å². The first-order valence-electron chi connectivity index (χ1n) is 11.7. The van der Waals surface area contributed by atoms with Gasteiger partial charge in [0.15, 0.2) is 9.84 Å². The van der Waals surface area contributed by atoms with Crippen molar-refractivity contribution in [3.63, 3.8) is 0 Å². The Hall–Kier alpha value is -2.26. The van der Waals surface area contributed by atoms with Crippen molar-refractivity contribution in [3.05, 3.63) is 71.3 Å². The normalized spacial score (nSPS) is 20.9. The Morgan fingerprint density at radius 3 is 2.12 bits per heavy atom. The summed E-state index contributed by atoms with van der Waals surface area (Å²) in [5.41, 5.74) is 3.22. The minimum absolute atomic E-state index is 0.0954. The molecule has 0 bridgehead atoms. The minimum Gasteiger partial charge on any atom is -0.350 e. The van der Waals surface area contributed by atoms with E-state index >= 15 is 0 Å².